The lowest BCUT2D eigenvalue weighted by Gasteiger charge is -2.19. The smallest absolute Gasteiger partial charge is 0.337 e. The number of thioether (sulfide) groups is 1. The van der Waals surface area contributed by atoms with Crippen LogP contribution in [0.2, 0.25) is 0 Å². The van der Waals surface area contributed by atoms with Crippen LogP contribution in [0, 0.1) is 0 Å². The Bertz CT molecular complexity index is 1530. The second-order valence-electron chi connectivity index (χ2n) is 8.21. The Kier molecular flexibility index (Phi) is 6.95. The topological polar surface area (TPSA) is 94.6 Å². The molecule has 2 heterocycles. The highest BCUT2D eigenvalue weighted by molar-refractivity contribution is 7.99. The number of hydrogen-bond acceptors (Lipinski definition) is 7. The van der Waals surface area contributed by atoms with Crippen molar-refractivity contribution in [1.82, 2.24) is 9.71 Å². The SMILES string of the molecule is COC(=O)c1ccc2c(c1)C(SCCNS(=O)(=O)c1cccc3cccnc13)c1ccccc1CO2. The Hall–Kier alpha value is -3.40. The van der Waals surface area contributed by atoms with Crippen LogP contribution in [0.1, 0.15) is 32.3 Å². The molecule has 1 unspecified atom stereocenters. The van der Waals surface area contributed by atoms with Crippen molar-refractivity contribution in [3.8, 4) is 5.75 Å². The number of carbonyl (C=O) groups is 1. The fourth-order valence-corrected chi connectivity index (χ4v) is 6.84. The summed E-state index contributed by atoms with van der Waals surface area (Å²) in [7, 11) is -2.40. The first-order valence-electron chi connectivity index (χ1n) is 11.4. The summed E-state index contributed by atoms with van der Waals surface area (Å²) in [6.45, 7) is 0.639. The number of para-hydroxylation sites is 1. The summed E-state index contributed by atoms with van der Waals surface area (Å²) < 4.78 is 39.8. The molecule has 1 atom stereocenters. The molecule has 0 fully saturated rings. The number of fused-ring (bicyclic) bond motifs is 3. The van der Waals surface area contributed by atoms with E-state index in [-0.39, 0.29) is 16.7 Å². The molecule has 0 amide bonds. The molecule has 0 bridgehead atoms. The average Bonchev–Trinajstić information content (AvgIpc) is 3.06. The molecule has 1 aliphatic rings. The van der Waals surface area contributed by atoms with Crippen LogP contribution < -0.4 is 9.46 Å². The molecule has 0 saturated heterocycles. The van der Waals surface area contributed by atoms with Gasteiger partial charge in [-0.3, -0.25) is 4.98 Å². The molecule has 5 rings (SSSR count). The van der Waals surface area contributed by atoms with Crippen molar-refractivity contribution in [1.29, 1.82) is 0 Å². The van der Waals surface area contributed by atoms with Crippen molar-refractivity contribution in [2.24, 2.45) is 0 Å². The number of nitrogens with one attached hydrogen (secondary N) is 1. The fraction of sp³-hybridized carbons (Fsp3) is 0.185. The lowest BCUT2D eigenvalue weighted by molar-refractivity contribution is 0.0600. The summed E-state index contributed by atoms with van der Waals surface area (Å²) in [6.07, 6.45) is 1.59. The van der Waals surface area contributed by atoms with E-state index in [2.05, 4.69) is 9.71 Å². The lowest BCUT2D eigenvalue weighted by Crippen LogP contribution is -2.26. The van der Waals surface area contributed by atoms with E-state index in [0.29, 0.717) is 29.2 Å². The maximum absolute atomic E-state index is 13.1. The molecule has 0 spiro atoms. The summed E-state index contributed by atoms with van der Waals surface area (Å²) in [4.78, 5) is 16.6. The van der Waals surface area contributed by atoms with Gasteiger partial charge in [-0.05, 0) is 41.5 Å². The van der Waals surface area contributed by atoms with Crippen molar-refractivity contribution in [2.45, 2.75) is 16.8 Å². The average molecular weight is 521 g/mol. The largest absolute Gasteiger partial charge is 0.489 e. The minimum atomic E-state index is -3.75. The van der Waals surface area contributed by atoms with E-state index < -0.39 is 16.0 Å². The molecule has 1 aromatic heterocycles. The van der Waals surface area contributed by atoms with Crippen LogP contribution in [0.15, 0.2) is 83.9 Å². The molecule has 184 valence electrons. The number of esters is 1. The second-order valence-corrected chi connectivity index (χ2v) is 11.2. The van der Waals surface area contributed by atoms with Gasteiger partial charge in [0.2, 0.25) is 10.0 Å². The zero-order valence-corrected chi connectivity index (χ0v) is 21.1. The molecule has 1 N–H and O–H groups in total. The monoisotopic (exact) mass is 520 g/mol. The molecule has 7 nitrogen and oxygen atoms in total. The predicted octanol–water partition coefficient (Wildman–Crippen LogP) is 4.71. The summed E-state index contributed by atoms with van der Waals surface area (Å²) in [5, 5.41) is 0.620. The number of benzene rings is 3. The maximum Gasteiger partial charge on any atom is 0.337 e. The number of aromatic nitrogens is 1. The third kappa shape index (κ3) is 4.82. The van der Waals surface area contributed by atoms with Gasteiger partial charge >= 0.3 is 5.97 Å². The molecule has 9 heteroatoms. The standard InChI is InChI=1S/C27H24N2O5S2/c1-33-27(30)19-11-12-23-22(16-19)26(21-9-3-2-6-20(21)17-34-23)35-15-14-29-36(31,32)24-10-4-7-18-8-5-13-28-25(18)24/h2-13,16,26,29H,14-15,17H2,1H3. The van der Waals surface area contributed by atoms with E-state index in [1.807, 2.05) is 36.4 Å². The normalized spacial score (nSPS) is 14.9. The van der Waals surface area contributed by atoms with Crippen LogP contribution in [0.4, 0.5) is 0 Å². The molecule has 3 aromatic carbocycles. The number of pyridine rings is 1. The number of hydrogen-bond donors (Lipinski definition) is 1. The van der Waals surface area contributed by atoms with Gasteiger partial charge in [0.05, 0.1) is 23.4 Å². The minimum Gasteiger partial charge on any atom is -0.489 e. The lowest BCUT2D eigenvalue weighted by atomic mass is 9.98. The zero-order valence-electron chi connectivity index (χ0n) is 19.5. The van der Waals surface area contributed by atoms with Crippen LogP contribution in [0.25, 0.3) is 10.9 Å². The summed E-state index contributed by atoms with van der Waals surface area (Å²) in [5.74, 6) is 0.771. The molecule has 1 aliphatic heterocycles. The van der Waals surface area contributed by atoms with Crippen LogP contribution in [0.3, 0.4) is 0 Å². The van der Waals surface area contributed by atoms with Gasteiger partial charge in [0.1, 0.15) is 17.3 Å². The van der Waals surface area contributed by atoms with Gasteiger partial charge in [-0.25, -0.2) is 17.9 Å². The van der Waals surface area contributed by atoms with Gasteiger partial charge in [-0.1, -0.05) is 42.5 Å². The van der Waals surface area contributed by atoms with Gasteiger partial charge in [0.15, 0.2) is 0 Å². The maximum atomic E-state index is 13.1. The summed E-state index contributed by atoms with van der Waals surface area (Å²) >= 11 is 1.59. The van der Waals surface area contributed by atoms with E-state index in [1.54, 1.807) is 54.4 Å². The molecular weight excluding hydrogens is 496 g/mol. The van der Waals surface area contributed by atoms with Crippen molar-refractivity contribution >= 4 is 38.7 Å². The van der Waals surface area contributed by atoms with E-state index in [0.717, 1.165) is 22.1 Å². The van der Waals surface area contributed by atoms with Crippen LogP contribution in [-0.2, 0) is 21.4 Å². The summed E-state index contributed by atoms with van der Waals surface area (Å²) in [6, 6.07) is 22.0. The Balaban J connectivity index is 1.38. The van der Waals surface area contributed by atoms with Crippen molar-refractivity contribution in [2.75, 3.05) is 19.4 Å². The third-order valence-corrected chi connectivity index (χ3v) is 8.77. The van der Waals surface area contributed by atoms with Crippen molar-refractivity contribution < 1.29 is 22.7 Å². The Morgan fingerprint density at radius 1 is 1.08 bits per heavy atom. The van der Waals surface area contributed by atoms with E-state index in [1.165, 1.54) is 7.11 Å². The number of sulfonamides is 1. The second kappa shape index (κ2) is 10.3. The van der Waals surface area contributed by atoms with Crippen molar-refractivity contribution in [3.63, 3.8) is 0 Å². The Morgan fingerprint density at radius 3 is 2.78 bits per heavy atom. The quantitative estimate of drug-likeness (QED) is 0.278. The first kappa shape index (κ1) is 24.3. The Labute approximate surface area is 213 Å². The van der Waals surface area contributed by atoms with Gasteiger partial charge in [0.25, 0.3) is 0 Å². The zero-order chi connectivity index (χ0) is 25.1. The molecule has 36 heavy (non-hydrogen) atoms. The molecule has 0 saturated carbocycles. The van der Waals surface area contributed by atoms with Gasteiger partial charge < -0.3 is 9.47 Å². The highest BCUT2D eigenvalue weighted by Gasteiger charge is 2.27. The predicted molar refractivity (Wildman–Crippen MR) is 140 cm³/mol. The highest BCUT2D eigenvalue weighted by Crippen LogP contribution is 2.44. The number of methoxy groups -OCH3 is 1. The third-order valence-electron chi connectivity index (χ3n) is 6.00. The first-order chi connectivity index (χ1) is 17.5. The summed E-state index contributed by atoms with van der Waals surface area (Å²) in [5.41, 5.74) is 3.86. The van der Waals surface area contributed by atoms with E-state index in [9.17, 15) is 13.2 Å². The molecule has 0 radical (unpaired) electrons. The fourth-order valence-electron chi connectivity index (χ4n) is 4.28. The van der Waals surface area contributed by atoms with Crippen LogP contribution in [0.5, 0.6) is 5.75 Å². The van der Waals surface area contributed by atoms with Crippen LogP contribution in [-0.4, -0.2) is 38.8 Å². The van der Waals surface area contributed by atoms with Gasteiger partial charge in [-0.15, -0.1) is 11.8 Å². The van der Waals surface area contributed by atoms with Gasteiger partial charge in [0, 0.05) is 29.4 Å². The van der Waals surface area contributed by atoms with Crippen molar-refractivity contribution in [3.05, 3.63) is 101 Å². The van der Waals surface area contributed by atoms with Crippen LogP contribution >= 0.6 is 11.8 Å². The number of rotatable bonds is 7. The number of nitrogens with zero attached hydrogens (tertiary/aromatic N) is 1. The van der Waals surface area contributed by atoms with Gasteiger partial charge in [-0.2, -0.15) is 0 Å². The number of ether oxygens (including phenoxy) is 2. The molecular formula is C27H24N2O5S2. The van der Waals surface area contributed by atoms with E-state index >= 15 is 0 Å². The first-order valence-corrected chi connectivity index (χ1v) is 13.9. The molecule has 0 aliphatic carbocycles. The minimum absolute atomic E-state index is 0.146. The van der Waals surface area contributed by atoms with E-state index in [4.69, 9.17) is 9.47 Å². The number of carbonyl (C=O) groups excluding carboxylic acids is 1. The Morgan fingerprint density at radius 2 is 1.92 bits per heavy atom. The molecule has 4 aromatic rings. The highest BCUT2D eigenvalue weighted by atomic mass is 32.2.